The molecule has 1 heterocycles. The number of aromatic nitrogens is 4. The van der Waals surface area contributed by atoms with Crippen LogP contribution in [-0.4, -0.2) is 39.0 Å². The Morgan fingerprint density at radius 1 is 1.04 bits per heavy atom. The lowest BCUT2D eigenvalue weighted by atomic mass is 10.0. The minimum Gasteiger partial charge on any atom is -0.315 e. The van der Waals surface area contributed by atoms with E-state index in [2.05, 4.69) is 58.1 Å². The number of hydrogen-bond donors (Lipinski definition) is 1. The van der Waals surface area contributed by atoms with E-state index in [9.17, 15) is 0 Å². The molecule has 124 valence electrons. The van der Waals surface area contributed by atoms with E-state index in [0.29, 0.717) is 5.92 Å². The van der Waals surface area contributed by atoms with Crippen LogP contribution in [0.3, 0.4) is 0 Å². The lowest BCUT2D eigenvalue weighted by Gasteiger charge is -2.12. The van der Waals surface area contributed by atoms with Gasteiger partial charge in [0, 0.05) is 18.8 Å². The fraction of sp³-hybridized carbons (Fsp3) is 0.278. The maximum atomic E-state index is 4.11. The normalized spacial score (nSPS) is 12.2. The van der Waals surface area contributed by atoms with Gasteiger partial charge in [-0.05, 0) is 34.0 Å². The SMILES string of the molecule is CC(CNCCSc1nnnn1-c1ccccc1)c1ccccc1. The van der Waals surface area contributed by atoms with Crippen molar-refractivity contribution in [2.75, 3.05) is 18.8 Å². The molecule has 0 bridgehead atoms. The number of nitrogens with one attached hydrogen (secondary N) is 1. The van der Waals surface area contributed by atoms with Crippen molar-refractivity contribution in [2.24, 2.45) is 0 Å². The fourth-order valence-corrected chi connectivity index (χ4v) is 3.22. The van der Waals surface area contributed by atoms with Gasteiger partial charge in [0.25, 0.3) is 0 Å². The van der Waals surface area contributed by atoms with Crippen molar-refractivity contribution in [3.8, 4) is 5.69 Å². The van der Waals surface area contributed by atoms with E-state index >= 15 is 0 Å². The Morgan fingerprint density at radius 2 is 1.75 bits per heavy atom. The Morgan fingerprint density at radius 3 is 2.50 bits per heavy atom. The molecule has 3 aromatic rings. The highest BCUT2D eigenvalue weighted by atomic mass is 32.2. The molecule has 0 saturated heterocycles. The van der Waals surface area contributed by atoms with E-state index in [1.54, 1.807) is 16.4 Å². The van der Waals surface area contributed by atoms with Crippen molar-refractivity contribution in [3.63, 3.8) is 0 Å². The second-order valence-corrected chi connectivity index (χ2v) is 6.64. The van der Waals surface area contributed by atoms with E-state index < -0.39 is 0 Å². The summed E-state index contributed by atoms with van der Waals surface area (Å²) in [6, 6.07) is 20.5. The molecule has 0 aliphatic rings. The molecule has 0 saturated carbocycles. The van der Waals surface area contributed by atoms with Gasteiger partial charge in [-0.1, -0.05) is 67.2 Å². The summed E-state index contributed by atoms with van der Waals surface area (Å²) in [4.78, 5) is 0. The zero-order valence-electron chi connectivity index (χ0n) is 13.7. The molecule has 1 N–H and O–H groups in total. The first-order chi connectivity index (χ1) is 11.8. The maximum Gasteiger partial charge on any atom is 0.214 e. The zero-order chi connectivity index (χ0) is 16.6. The highest BCUT2D eigenvalue weighted by Crippen LogP contribution is 2.17. The molecule has 0 spiro atoms. The Labute approximate surface area is 146 Å². The third kappa shape index (κ3) is 4.43. The minimum atomic E-state index is 0.505. The van der Waals surface area contributed by atoms with Crippen LogP contribution >= 0.6 is 11.8 Å². The smallest absolute Gasteiger partial charge is 0.214 e. The quantitative estimate of drug-likeness (QED) is 0.505. The summed E-state index contributed by atoms with van der Waals surface area (Å²) in [5, 5.41) is 16.3. The number of benzene rings is 2. The van der Waals surface area contributed by atoms with Crippen molar-refractivity contribution in [1.82, 2.24) is 25.5 Å². The summed E-state index contributed by atoms with van der Waals surface area (Å²) in [6.45, 7) is 4.13. The van der Waals surface area contributed by atoms with E-state index in [4.69, 9.17) is 0 Å². The maximum absolute atomic E-state index is 4.11. The van der Waals surface area contributed by atoms with Gasteiger partial charge in [0.2, 0.25) is 5.16 Å². The monoisotopic (exact) mass is 339 g/mol. The fourth-order valence-electron chi connectivity index (χ4n) is 2.43. The first-order valence-corrected chi connectivity index (χ1v) is 9.05. The molecule has 5 nitrogen and oxygen atoms in total. The summed E-state index contributed by atoms with van der Waals surface area (Å²) in [7, 11) is 0. The number of rotatable bonds is 8. The minimum absolute atomic E-state index is 0.505. The van der Waals surface area contributed by atoms with Gasteiger partial charge >= 0.3 is 0 Å². The summed E-state index contributed by atoms with van der Waals surface area (Å²) in [5.41, 5.74) is 2.35. The highest BCUT2D eigenvalue weighted by Gasteiger charge is 2.08. The van der Waals surface area contributed by atoms with E-state index in [1.807, 2.05) is 30.3 Å². The molecule has 1 aromatic heterocycles. The number of para-hydroxylation sites is 1. The third-order valence-corrected chi connectivity index (χ3v) is 4.69. The molecule has 2 aromatic carbocycles. The van der Waals surface area contributed by atoms with Crippen LogP contribution in [0.2, 0.25) is 0 Å². The average Bonchev–Trinajstić information content (AvgIpc) is 3.11. The van der Waals surface area contributed by atoms with Crippen LogP contribution in [0.1, 0.15) is 18.4 Å². The van der Waals surface area contributed by atoms with Crippen LogP contribution in [0.5, 0.6) is 0 Å². The van der Waals surface area contributed by atoms with Crippen LogP contribution in [0.25, 0.3) is 5.69 Å². The molecule has 24 heavy (non-hydrogen) atoms. The van der Waals surface area contributed by atoms with Gasteiger partial charge in [0.05, 0.1) is 5.69 Å². The first kappa shape index (κ1) is 16.7. The second-order valence-electron chi connectivity index (χ2n) is 5.57. The van der Waals surface area contributed by atoms with Gasteiger partial charge in [-0.2, -0.15) is 4.68 Å². The van der Waals surface area contributed by atoms with Crippen molar-refractivity contribution >= 4 is 11.8 Å². The van der Waals surface area contributed by atoms with Crippen LogP contribution < -0.4 is 5.32 Å². The van der Waals surface area contributed by atoms with Crippen molar-refractivity contribution in [2.45, 2.75) is 18.0 Å². The Kier molecular flexibility index (Phi) is 5.98. The van der Waals surface area contributed by atoms with Crippen molar-refractivity contribution in [3.05, 3.63) is 66.2 Å². The average molecular weight is 339 g/mol. The predicted molar refractivity (Wildman–Crippen MR) is 97.6 cm³/mol. The van der Waals surface area contributed by atoms with Gasteiger partial charge in [-0.25, -0.2) is 0 Å². The molecule has 0 aliphatic heterocycles. The molecule has 1 atom stereocenters. The standard InChI is InChI=1S/C18H21N5S/c1-15(16-8-4-2-5-9-16)14-19-12-13-24-18-20-21-22-23(18)17-10-6-3-7-11-17/h2-11,15,19H,12-14H2,1H3. The first-order valence-electron chi connectivity index (χ1n) is 8.07. The molecular weight excluding hydrogens is 318 g/mol. The Balaban J connectivity index is 1.44. The number of thioether (sulfide) groups is 1. The highest BCUT2D eigenvalue weighted by molar-refractivity contribution is 7.99. The van der Waals surface area contributed by atoms with Gasteiger partial charge in [0.15, 0.2) is 0 Å². The summed E-state index contributed by atoms with van der Waals surface area (Å²) >= 11 is 1.66. The topological polar surface area (TPSA) is 55.6 Å². The van der Waals surface area contributed by atoms with Crippen molar-refractivity contribution < 1.29 is 0 Å². The van der Waals surface area contributed by atoms with Gasteiger partial charge in [-0.15, -0.1) is 5.10 Å². The van der Waals surface area contributed by atoms with Gasteiger partial charge < -0.3 is 5.32 Å². The lowest BCUT2D eigenvalue weighted by molar-refractivity contribution is 0.637. The molecule has 3 rings (SSSR count). The van der Waals surface area contributed by atoms with Crippen LogP contribution in [0, 0.1) is 0 Å². The molecule has 6 heteroatoms. The van der Waals surface area contributed by atoms with Crippen LogP contribution in [0.4, 0.5) is 0 Å². The summed E-state index contributed by atoms with van der Waals surface area (Å²) in [5.74, 6) is 1.43. The van der Waals surface area contributed by atoms with E-state index in [1.165, 1.54) is 5.56 Å². The van der Waals surface area contributed by atoms with Gasteiger partial charge in [-0.3, -0.25) is 0 Å². The molecular formula is C18H21N5S. The third-order valence-electron chi connectivity index (χ3n) is 3.77. The lowest BCUT2D eigenvalue weighted by Crippen LogP contribution is -2.22. The zero-order valence-corrected chi connectivity index (χ0v) is 14.5. The van der Waals surface area contributed by atoms with E-state index in [-0.39, 0.29) is 0 Å². The molecule has 0 fully saturated rings. The van der Waals surface area contributed by atoms with E-state index in [0.717, 1.165) is 29.7 Å². The van der Waals surface area contributed by atoms with Crippen LogP contribution in [-0.2, 0) is 0 Å². The number of tetrazole rings is 1. The summed E-state index contributed by atoms with van der Waals surface area (Å²) in [6.07, 6.45) is 0. The van der Waals surface area contributed by atoms with Crippen molar-refractivity contribution in [1.29, 1.82) is 0 Å². The molecule has 0 amide bonds. The largest absolute Gasteiger partial charge is 0.315 e. The predicted octanol–water partition coefficient (Wildman–Crippen LogP) is 3.15. The Hall–Kier alpha value is -2.18. The number of hydrogen-bond acceptors (Lipinski definition) is 5. The van der Waals surface area contributed by atoms with Gasteiger partial charge in [0.1, 0.15) is 0 Å². The molecule has 0 radical (unpaired) electrons. The Bertz CT molecular complexity index is 729. The number of nitrogens with zero attached hydrogens (tertiary/aromatic N) is 4. The summed E-state index contributed by atoms with van der Waals surface area (Å²) < 4.78 is 1.78. The second kappa shape index (κ2) is 8.61. The molecule has 1 unspecified atom stereocenters. The molecule has 0 aliphatic carbocycles. The van der Waals surface area contributed by atoms with Crippen LogP contribution in [0.15, 0.2) is 65.8 Å².